The molecule has 2 aromatic rings. The lowest BCUT2D eigenvalue weighted by Gasteiger charge is -1.94. The smallest absolute Gasteiger partial charge is 0.259 e. The number of nitrogen functional groups attached to an aromatic ring is 2. The van der Waals surface area contributed by atoms with Gasteiger partial charge in [-0.15, -0.1) is 0 Å². The summed E-state index contributed by atoms with van der Waals surface area (Å²) in [5, 5.41) is 4.35. The SMILES string of the molecule is Nc1ccc2c(c1)C(=O)NC2=O.Nc1ccc2c(c1)C(=O)NC2=O. The number of anilines is 2. The van der Waals surface area contributed by atoms with E-state index in [9.17, 15) is 19.2 Å². The van der Waals surface area contributed by atoms with Crippen LogP contribution in [0.1, 0.15) is 41.4 Å². The van der Waals surface area contributed by atoms with Gasteiger partial charge in [-0.3, -0.25) is 29.8 Å². The number of nitrogens with two attached hydrogens (primary N) is 2. The Hall–Kier alpha value is -3.68. The van der Waals surface area contributed by atoms with Gasteiger partial charge in [0.15, 0.2) is 0 Å². The fraction of sp³-hybridized carbons (Fsp3) is 0. The van der Waals surface area contributed by atoms with Gasteiger partial charge in [0.05, 0.1) is 22.3 Å². The summed E-state index contributed by atoms with van der Waals surface area (Å²) in [4.78, 5) is 44.1. The summed E-state index contributed by atoms with van der Waals surface area (Å²) in [6.07, 6.45) is 0. The van der Waals surface area contributed by atoms with E-state index < -0.39 is 0 Å². The molecule has 2 aliphatic heterocycles. The zero-order valence-corrected chi connectivity index (χ0v) is 12.3. The van der Waals surface area contributed by atoms with Gasteiger partial charge in [-0.05, 0) is 36.4 Å². The molecule has 0 spiro atoms. The third kappa shape index (κ3) is 2.56. The minimum absolute atomic E-state index is 0.352. The summed E-state index contributed by atoms with van der Waals surface area (Å²) in [6.45, 7) is 0. The second-order valence-corrected chi connectivity index (χ2v) is 5.18. The molecule has 4 amide bonds. The van der Waals surface area contributed by atoms with Crippen molar-refractivity contribution in [2.75, 3.05) is 11.5 Å². The number of amides is 4. The van der Waals surface area contributed by atoms with E-state index >= 15 is 0 Å². The minimum atomic E-state index is -0.373. The fourth-order valence-corrected chi connectivity index (χ4v) is 2.37. The van der Waals surface area contributed by atoms with E-state index in [1.54, 1.807) is 24.3 Å². The van der Waals surface area contributed by atoms with Crippen molar-refractivity contribution < 1.29 is 19.2 Å². The number of carbonyl (C=O) groups is 4. The Morgan fingerprint density at radius 1 is 0.542 bits per heavy atom. The molecule has 120 valence electrons. The Kier molecular flexibility index (Phi) is 3.49. The highest BCUT2D eigenvalue weighted by molar-refractivity contribution is 6.22. The molecule has 6 N–H and O–H groups in total. The van der Waals surface area contributed by atoms with Crippen LogP contribution in [0.25, 0.3) is 0 Å². The average molecular weight is 324 g/mol. The first kappa shape index (κ1) is 15.2. The van der Waals surface area contributed by atoms with Crippen LogP contribution in [0.2, 0.25) is 0 Å². The van der Waals surface area contributed by atoms with Gasteiger partial charge in [-0.25, -0.2) is 0 Å². The summed E-state index contributed by atoms with van der Waals surface area (Å²) in [6, 6.07) is 9.27. The van der Waals surface area contributed by atoms with Crippen LogP contribution in [0.5, 0.6) is 0 Å². The van der Waals surface area contributed by atoms with Crippen molar-refractivity contribution in [3.8, 4) is 0 Å². The summed E-state index contributed by atoms with van der Waals surface area (Å²) >= 11 is 0. The number of hydrogen-bond acceptors (Lipinski definition) is 6. The first-order valence-corrected chi connectivity index (χ1v) is 6.87. The molecule has 0 radical (unpaired) electrons. The van der Waals surface area contributed by atoms with E-state index in [-0.39, 0.29) is 23.6 Å². The van der Waals surface area contributed by atoms with E-state index in [0.717, 1.165) is 0 Å². The molecule has 0 fully saturated rings. The molecule has 2 aromatic carbocycles. The third-order valence-electron chi connectivity index (χ3n) is 3.52. The normalized spacial score (nSPS) is 14.3. The predicted octanol–water partition coefficient (Wildman–Crippen LogP) is 0.305. The highest BCUT2D eigenvalue weighted by Crippen LogP contribution is 2.18. The maximum atomic E-state index is 11.0. The Morgan fingerprint density at radius 2 is 0.875 bits per heavy atom. The van der Waals surface area contributed by atoms with Crippen molar-refractivity contribution in [3.63, 3.8) is 0 Å². The van der Waals surface area contributed by atoms with Crippen LogP contribution in [0.4, 0.5) is 11.4 Å². The van der Waals surface area contributed by atoms with Gasteiger partial charge >= 0.3 is 0 Å². The Morgan fingerprint density at radius 3 is 1.25 bits per heavy atom. The van der Waals surface area contributed by atoms with Crippen molar-refractivity contribution in [1.82, 2.24) is 10.6 Å². The van der Waals surface area contributed by atoms with Gasteiger partial charge in [0, 0.05) is 11.4 Å². The van der Waals surface area contributed by atoms with E-state index in [2.05, 4.69) is 10.6 Å². The van der Waals surface area contributed by atoms with Crippen LogP contribution < -0.4 is 22.1 Å². The van der Waals surface area contributed by atoms with Crippen molar-refractivity contribution in [1.29, 1.82) is 0 Å². The third-order valence-corrected chi connectivity index (χ3v) is 3.52. The number of benzene rings is 2. The molecular formula is C16H12N4O4. The summed E-state index contributed by atoms with van der Waals surface area (Å²) < 4.78 is 0. The Labute approximate surface area is 135 Å². The largest absolute Gasteiger partial charge is 0.399 e. The molecule has 0 aromatic heterocycles. The lowest BCUT2D eigenvalue weighted by atomic mass is 10.1. The number of rotatable bonds is 0. The molecule has 8 heteroatoms. The molecule has 0 saturated carbocycles. The lowest BCUT2D eigenvalue weighted by molar-refractivity contribution is 0.0863. The first-order valence-electron chi connectivity index (χ1n) is 6.87. The molecule has 0 aliphatic carbocycles. The highest BCUT2D eigenvalue weighted by Gasteiger charge is 2.26. The summed E-state index contributed by atoms with van der Waals surface area (Å²) in [5.41, 5.74) is 13.4. The topological polar surface area (TPSA) is 144 Å². The van der Waals surface area contributed by atoms with Gasteiger partial charge in [0.25, 0.3) is 23.6 Å². The highest BCUT2D eigenvalue weighted by atomic mass is 16.2. The molecule has 8 nitrogen and oxygen atoms in total. The molecular weight excluding hydrogens is 312 g/mol. The quantitative estimate of drug-likeness (QED) is 0.405. The molecule has 4 rings (SSSR count). The Bertz CT molecular complexity index is 845. The van der Waals surface area contributed by atoms with Gasteiger partial charge in [0.1, 0.15) is 0 Å². The average Bonchev–Trinajstić information content (AvgIpc) is 2.96. The van der Waals surface area contributed by atoms with Crippen LogP contribution in [0.3, 0.4) is 0 Å². The van der Waals surface area contributed by atoms with Crippen molar-refractivity contribution in [2.45, 2.75) is 0 Å². The van der Waals surface area contributed by atoms with Crippen molar-refractivity contribution in [3.05, 3.63) is 58.7 Å². The van der Waals surface area contributed by atoms with Crippen molar-refractivity contribution in [2.24, 2.45) is 0 Å². The zero-order valence-electron chi connectivity index (χ0n) is 12.3. The maximum absolute atomic E-state index is 11.0. The van der Waals surface area contributed by atoms with E-state index in [1.807, 2.05) is 0 Å². The molecule has 0 saturated heterocycles. The standard InChI is InChI=1S/2C8H6N2O2/c2*9-4-1-2-5-6(3-4)8(12)10-7(5)11/h2*1-3H,9H2,(H,10,11,12). The van der Waals surface area contributed by atoms with E-state index in [1.165, 1.54) is 12.1 Å². The van der Waals surface area contributed by atoms with Gasteiger partial charge in [-0.1, -0.05) is 0 Å². The summed E-state index contributed by atoms with van der Waals surface area (Å²) in [7, 11) is 0. The van der Waals surface area contributed by atoms with Crippen molar-refractivity contribution >= 4 is 35.0 Å². The number of hydrogen-bond donors (Lipinski definition) is 4. The van der Waals surface area contributed by atoms with Gasteiger partial charge < -0.3 is 11.5 Å². The monoisotopic (exact) mass is 324 g/mol. The van der Waals surface area contributed by atoms with Crippen LogP contribution in [0.15, 0.2) is 36.4 Å². The molecule has 2 aliphatic rings. The maximum Gasteiger partial charge on any atom is 0.259 e. The number of fused-ring (bicyclic) bond motifs is 2. The van der Waals surface area contributed by atoms with E-state index in [4.69, 9.17) is 11.5 Å². The minimum Gasteiger partial charge on any atom is -0.399 e. The number of imide groups is 2. The number of carbonyl (C=O) groups excluding carboxylic acids is 4. The molecule has 0 unspecified atom stereocenters. The van der Waals surface area contributed by atoms with Crippen LogP contribution >= 0.6 is 0 Å². The molecule has 0 bridgehead atoms. The molecule has 2 heterocycles. The predicted molar refractivity (Wildman–Crippen MR) is 85.3 cm³/mol. The molecule has 24 heavy (non-hydrogen) atoms. The fourth-order valence-electron chi connectivity index (χ4n) is 2.37. The van der Waals surface area contributed by atoms with Crippen LogP contribution in [0, 0.1) is 0 Å². The first-order chi connectivity index (χ1) is 11.4. The number of nitrogens with one attached hydrogen (secondary N) is 2. The van der Waals surface area contributed by atoms with Crippen LogP contribution in [-0.4, -0.2) is 23.6 Å². The van der Waals surface area contributed by atoms with E-state index in [0.29, 0.717) is 33.6 Å². The Balaban J connectivity index is 0.000000141. The second-order valence-electron chi connectivity index (χ2n) is 5.18. The zero-order chi connectivity index (χ0) is 17.4. The second kappa shape index (κ2) is 5.51. The molecule has 0 atom stereocenters. The lowest BCUT2D eigenvalue weighted by Crippen LogP contribution is -2.19. The van der Waals surface area contributed by atoms with Gasteiger partial charge in [0.2, 0.25) is 0 Å². The summed E-state index contributed by atoms with van der Waals surface area (Å²) in [5.74, 6) is -1.45. The van der Waals surface area contributed by atoms with Gasteiger partial charge in [-0.2, -0.15) is 0 Å². The van der Waals surface area contributed by atoms with Crippen LogP contribution in [-0.2, 0) is 0 Å².